The topological polar surface area (TPSA) is 142 Å². The van der Waals surface area contributed by atoms with Gasteiger partial charge in [-0.1, -0.05) is 0 Å². The summed E-state index contributed by atoms with van der Waals surface area (Å²) in [7, 11) is 0.372. The quantitative estimate of drug-likeness (QED) is 0.303. The molecule has 0 saturated carbocycles. The minimum Gasteiger partial charge on any atom is -0.372 e. The summed E-state index contributed by atoms with van der Waals surface area (Å²) in [6.45, 7) is 0. The van der Waals surface area contributed by atoms with E-state index in [0.29, 0.717) is 5.69 Å². The number of nitro groups is 1. The number of hydrogen-bond acceptors (Lipinski definition) is 7. The Morgan fingerprint density at radius 3 is 2.06 bits per heavy atom. The average Bonchev–Trinajstić information content (AvgIpc) is 2.14. The highest BCUT2D eigenvalue weighted by Crippen LogP contribution is 2.23. The highest BCUT2D eigenvalue weighted by atomic mass is 35.7. The van der Waals surface area contributed by atoms with Crippen molar-refractivity contribution in [2.45, 2.75) is 0 Å². The Bertz CT molecular complexity index is 414. The molecule has 0 saturated heterocycles. The Kier molecular flexibility index (Phi) is 5.88. The van der Waals surface area contributed by atoms with Gasteiger partial charge in [0.2, 0.25) is 6.20 Å². The number of rotatable bonds is 2. The van der Waals surface area contributed by atoms with Crippen molar-refractivity contribution in [2.24, 2.45) is 7.05 Å². The van der Waals surface area contributed by atoms with Gasteiger partial charge in [-0.2, -0.15) is 0 Å². The van der Waals surface area contributed by atoms with E-state index in [1.54, 1.807) is 42.9 Å². The molecule has 9 nitrogen and oxygen atoms in total. The fourth-order valence-corrected chi connectivity index (χ4v) is 1.09. The first-order chi connectivity index (χ1) is 8.02. The lowest BCUT2D eigenvalue weighted by molar-refractivity contribution is -2.00. The molecule has 1 aromatic heterocycles. The summed E-state index contributed by atoms with van der Waals surface area (Å²) in [6, 6.07) is 1.72. The van der Waals surface area contributed by atoms with E-state index in [9.17, 15) is 10.1 Å². The van der Waals surface area contributed by atoms with Crippen LogP contribution in [0.25, 0.3) is 0 Å². The van der Waals surface area contributed by atoms with Gasteiger partial charge in [0.05, 0.1) is 4.92 Å². The minimum atomic E-state index is -4.94. The zero-order valence-electron chi connectivity index (χ0n) is 9.90. The summed E-state index contributed by atoms with van der Waals surface area (Å²) in [4.78, 5) is 12.0. The van der Waals surface area contributed by atoms with Crippen LogP contribution in [0.15, 0.2) is 18.5 Å². The van der Waals surface area contributed by atoms with Crippen LogP contribution < -0.4 is 28.1 Å². The largest absolute Gasteiger partial charge is 0.372 e. The number of hydrogen-bond donors (Lipinski definition) is 0. The fraction of sp³-hybridized carbons (Fsp3) is 0.375. The van der Waals surface area contributed by atoms with E-state index in [0.717, 1.165) is 0 Å². The monoisotopic (exact) mass is 281 g/mol. The van der Waals surface area contributed by atoms with Gasteiger partial charge < -0.3 is 4.90 Å². The second kappa shape index (κ2) is 6.42. The summed E-state index contributed by atoms with van der Waals surface area (Å²) < 4.78 is 35.6. The standard InChI is InChI=1S/C8H12N3O2.ClHO4/c1-9(2)7-4-5-10(3)6-8(7)11(12)13;2-1(3,4)5/h4-6H,1-3H3;(H,2,3,4,5)/q+1;/p-1. The predicted molar refractivity (Wildman–Crippen MR) is 48.6 cm³/mol. The molecule has 0 unspecified atom stereocenters. The van der Waals surface area contributed by atoms with E-state index in [2.05, 4.69) is 0 Å². The molecule has 0 fully saturated rings. The van der Waals surface area contributed by atoms with Crippen molar-refractivity contribution in [2.75, 3.05) is 19.0 Å². The molecule has 1 aromatic rings. The maximum Gasteiger partial charge on any atom is 0.355 e. The van der Waals surface area contributed by atoms with Crippen molar-refractivity contribution >= 4 is 11.4 Å². The Labute approximate surface area is 105 Å². The van der Waals surface area contributed by atoms with Crippen LogP contribution in [0.4, 0.5) is 11.4 Å². The van der Waals surface area contributed by atoms with E-state index < -0.39 is 10.2 Å². The molecule has 0 spiro atoms. The van der Waals surface area contributed by atoms with Gasteiger partial charge in [-0.05, 0) is 0 Å². The number of halogens is 1. The molecule has 0 N–H and O–H groups in total. The van der Waals surface area contributed by atoms with Crippen molar-refractivity contribution in [1.82, 2.24) is 0 Å². The van der Waals surface area contributed by atoms with Gasteiger partial charge in [0.25, 0.3) is 0 Å². The third-order valence-electron chi connectivity index (χ3n) is 1.73. The molecule has 18 heavy (non-hydrogen) atoms. The minimum absolute atomic E-state index is 0.120. The first-order valence-corrected chi connectivity index (χ1v) is 5.68. The number of anilines is 1. The van der Waals surface area contributed by atoms with Gasteiger partial charge in [-0.15, -0.1) is 10.2 Å². The molecule has 0 aliphatic carbocycles. The average molecular weight is 282 g/mol. The molecule has 0 aliphatic rings. The fourth-order valence-electron chi connectivity index (χ4n) is 1.09. The van der Waals surface area contributed by atoms with Gasteiger partial charge in [0.15, 0.2) is 6.20 Å². The van der Waals surface area contributed by atoms with Gasteiger partial charge in [-0.3, -0.25) is 10.1 Å². The highest BCUT2D eigenvalue weighted by molar-refractivity contribution is 5.59. The molecule has 0 aliphatic heterocycles. The first kappa shape index (κ1) is 16.5. The van der Waals surface area contributed by atoms with Crippen LogP contribution in [0.1, 0.15) is 0 Å². The Hall–Kier alpha value is -1.52. The van der Waals surface area contributed by atoms with Crippen LogP contribution in [0.2, 0.25) is 0 Å². The molecule has 0 radical (unpaired) electrons. The van der Waals surface area contributed by atoms with E-state index in [1.807, 2.05) is 0 Å². The second-order valence-corrected chi connectivity index (χ2v) is 4.17. The molecule has 1 heterocycles. The van der Waals surface area contributed by atoms with Crippen LogP contribution in [0, 0.1) is 20.4 Å². The maximum absolute atomic E-state index is 10.6. The summed E-state index contributed by atoms with van der Waals surface area (Å²) in [5.74, 6) is 0. The molecular weight excluding hydrogens is 270 g/mol. The SMILES string of the molecule is CN(C)c1cc[n+](C)cc1[N+](=O)[O-].[O-][Cl+3]([O-])([O-])[O-]. The second-order valence-electron chi connectivity index (χ2n) is 3.41. The highest BCUT2D eigenvalue weighted by Gasteiger charge is 2.19. The predicted octanol–water partition coefficient (Wildman–Crippen LogP) is -4.27. The first-order valence-electron chi connectivity index (χ1n) is 4.45. The van der Waals surface area contributed by atoms with Crippen molar-refractivity contribution < 1.29 is 38.4 Å². The number of aromatic nitrogens is 1. The summed E-state index contributed by atoms with van der Waals surface area (Å²) in [5.41, 5.74) is 0.734. The van der Waals surface area contributed by atoms with E-state index in [-0.39, 0.29) is 10.6 Å². The normalized spacial score (nSPS) is 10.4. The lowest BCUT2D eigenvalue weighted by Crippen LogP contribution is -2.68. The maximum atomic E-state index is 10.6. The lowest BCUT2D eigenvalue weighted by atomic mass is 10.3. The Morgan fingerprint density at radius 1 is 1.28 bits per heavy atom. The summed E-state index contributed by atoms with van der Waals surface area (Å²) in [6.07, 6.45) is 3.28. The number of pyridine rings is 1. The number of nitrogens with zero attached hydrogens (tertiary/aromatic N) is 3. The van der Waals surface area contributed by atoms with Crippen molar-refractivity contribution in [3.05, 3.63) is 28.6 Å². The van der Waals surface area contributed by atoms with Crippen molar-refractivity contribution in [3.8, 4) is 0 Å². The van der Waals surface area contributed by atoms with E-state index in [1.165, 1.54) is 6.20 Å². The molecular formula is C8H12ClN3O6. The summed E-state index contributed by atoms with van der Waals surface area (Å²) >= 11 is 0. The van der Waals surface area contributed by atoms with Crippen LogP contribution in [-0.2, 0) is 7.05 Å². The zero-order chi connectivity index (χ0) is 14.5. The summed E-state index contributed by atoms with van der Waals surface area (Å²) in [5, 5.41) is 10.6. The van der Waals surface area contributed by atoms with E-state index >= 15 is 0 Å². The van der Waals surface area contributed by atoms with Crippen LogP contribution in [-0.4, -0.2) is 19.0 Å². The molecule has 0 aromatic carbocycles. The molecule has 1 rings (SSSR count). The van der Waals surface area contributed by atoms with Crippen LogP contribution >= 0.6 is 0 Å². The third-order valence-corrected chi connectivity index (χ3v) is 1.73. The van der Waals surface area contributed by atoms with Crippen molar-refractivity contribution in [3.63, 3.8) is 0 Å². The number of aryl methyl sites for hydroxylation is 1. The Balaban J connectivity index is 0.000000494. The lowest BCUT2D eigenvalue weighted by Gasteiger charge is -2.17. The van der Waals surface area contributed by atoms with Crippen LogP contribution in [0.3, 0.4) is 0 Å². The van der Waals surface area contributed by atoms with Crippen LogP contribution in [0.5, 0.6) is 0 Å². The van der Waals surface area contributed by atoms with Gasteiger partial charge in [0, 0.05) is 20.2 Å². The van der Waals surface area contributed by atoms with Gasteiger partial charge in [-0.25, -0.2) is 23.2 Å². The zero-order valence-corrected chi connectivity index (χ0v) is 10.7. The third kappa shape index (κ3) is 6.93. The molecule has 0 atom stereocenters. The Morgan fingerprint density at radius 2 is 1.72 bits per heavy atom. The van der Waals surface area contributed by atoms with E-state index in [4.69, 9.17) is 18.6 Å². The van der Waals surface area contributed by atoms with Gasteiger partial charge in [0.1, 0.15) is 12.7 Å². The molecule has 0 bridgehead atoms. The molecule has 102 valence electrons. The van der Waals surface area contributed by atoms with Gasteiger partial charge >= 0.3 is 5.69 Å². The smallest absolute Gasteiger partial charge is 0.355 e. The van der Waals surface area contributed by atoms with Crippen molar-refractivity contribution in [1.29, 1.82) is 0 Å². The molecule has 10 heteroatoms. The molecule has 0 amide bonds.